The van der Waals surface area contributed by atoms with Gasteiger partial charge in [-0.05, 0) is 56.0 Å². The quantitative estimate of drug-likeness (QED) is 0.627. The first-order valence-electron chi connectivity index (χ1n) is 11.2. The Hall–Kier alpha value is -3.22. The van der Waals surface area contributed by atoms with Crippen molar-refractivity contribution in [2.24, 2.45) is 11.3 Å². The second-order valence-electron chi connectivity index (χ2n) is 9.41. The minimum absolute atomic E-state index is 0.0483. The molecule has 2 aromatic rings. The number of amides is 2. The Labute approximate surface area is 196 Å². The average molecular weight is 455 g/mol. The lowest BCUT2D eigenvalue weighted by Gasteiger charge is -2.28. The van der Waals surface area contributed by atoms with Crippen molar-refractivity contribution < 1.29 is 23.8 Å². The van der Waals surface area contributed by atoms with Gasteiger partial charge in [0, 0.05) is 18.3 Å². The van der Waals surface area contributed by atoms with E-state index < -0.39 is 5.41 Å². The van der Waals surface area contributed by atoms with Gasteiger partial charge in [0.05, 0.1) is 31.7 Å². The van der Waals surface area contributed by atoms with Crippen molar-refractivity contribution in [3.8, 4) is 17.2 Å². The molecule has 2 amide bonds. The van der Waals surface area contributed by atoms with Crippen molar-refractivity contribution in [1.82, 2.24) is 0 Å². The van der Waals surface area contributed by atoms with E-state index in [0.29, 0.717) is 35.4 Å². The molecule has 0 atom stereocenters. The summed E-state index contributed by atoms with van der Waals surface area (Å²) in [4.78, 5) is 27.7. The van der Waals surface area contributed by atoms with Gasteiger partial charge in [0.1, 0.15) is 12.4 Å². The Balaban J connectivity index is 1.78. The molecule has 0 fully saturated rings. The van der Waals surface area contributed by atoms with Gasteiger partial charge < -0.3 is 24.4 Å². The van der Waals surface area contributed by atoms with Crippen LogP contribution in [0.1, 0.15) is 39.7 Å². The summed E-state index contributed by atoms with van der Waals surface area (Å²) >= 11 is 0. The van der Waals surface area contributed by atoms with E-state index in [1.54, 1.807) is 32.4 Å². The van der Waals surface area contributed by atoms with Crippen molar-refractivity contribution in [1.29, 1.82) is 0 Å². The minimum atomic E-state index is -0.632. The van der Waals surface area contributed by atoms with Gasteiger partial charge in [0.25, 0.3) is 0 Å². The van der Waals surface area contributed by atoms with Gasteiger partial charge in [0.15, 0.2) is 11.5 Å². The molecular formula is C26H34N2O5. The lowest BCUT2D eigenvalue weighted by atomic mass is 9.92. The van der Waals surface area contributed by atoms with E-state index in [1.807, 2.05) is 36.9 Å². The zero-order chi connectivity index (χ0) is 24.2. The lowest BCUT2D eigenvalue weighted by molar-refractivity contribution is -0.127. The van der Waals surface area contributed by atoms with E-state index in [1.165, 1.54) is 0 Å². The van der Waals surface area contributed by atoms with E-state index in [0.717, 1.165) is 17.7 Å². The summed E-state index contributed by atoms with van der Waals surface area (Å²) in [5.74, 6) is 2.15. The highest BCUT2D eigenvalue weighted by Crippen LogP contribution is 2.38. The molecule has 0 saturated heterocycles. The van der Waals surface area contributed by atoms with E-state index in [2.05, 4.69) is 19.2 Å². The second kappa shape index (κ2) is 10.1. The maximum Gasteiger partial charge on any atom is 0.236 e. The first-order chi connectivity index (χ1) is 15.6. The van der Waals surface area contributed by atoms with Gasteiger partial charge in [-0.1, -0.05) is 19.9 Å². The number of nitrogens with one attached hydrogen (secondary N) is 1. The Bertz CT molecular complexity index is 1020. The third-order valence-corrected chi connectivity index (χ3v) is 5.69. The Kier molecular flexibility index (Phi) is 7.51. The van der Waals surface area contributed by atoms with Crippen LogP contribution in [0.2, 0.25) is 0 Å². The largest absolute Gasteiger partial charge is 0.493 e. The predicted molar refractivity (Wildman–Crippen MR) is 129 cm³/mol. The van der Waals surface area contributed by atoms with Crippen LogP contribution in [0.3, 0.4) is 0 Å². The van der Waals surface area contributed by atoms with E-state index in [4.69, 9.17) is 14.2 Å². The van der Waals surface area contributed by atoms with Gasteiger partial charge in [-0.2, -0.15) is 0 Å². The normalized spacial score (nSPS) is 14.9. The number of ether oxygens (including phenoxy) is 3. The Morgan fingerprint density at radius 3 is 2.52 bits per heavy atom. The maximum atomic E-state index is 13.2. The first-order valence-corrected chi connectivity index (χ1v) is 11.2. The monoisotopic (exact) mass is 454 g/mol. The fourth-order valence-electron chi connectivity index (χ4n) is 3.72. The van der Waals surface area contributed by atoms with Crippen LogP contribution >= 0.6 is 0 Å². The predicted octanol–water partition coefficient (Wildman–Crippen LogP) is 4.68. The van der Waals surface area contributed by atoms with Crippen LogP contribution in [0.5, 0.6) is 17.2 Å². The SMILES string of the molecule is COc1ccc(CC(=O)Nc2ccc3c(c2)OCC(C)(C)C(=O)N3CCC(C)C)cc1OC. The second-order valence-corrected chi connectivity index (χ2v) is 9.41. The van der Waals surface area contributed by atoms with Crippen molar-refractivity contribution in [3.63, 3.8) is 0 Å². The van der Waals surface area contributed by atoms with Crippen molar-refractivity contribution >= 4 is 23.2 Å². The number of nitrogens with zero attached hydrogens (tertiary/aromatic N) is 1. The van der Waals surface area contributed by atoms with Crippen LogP contribution < -0.4 is 24.4 Å². The summed E-state index contributed by atoms with van der Waals surface area (Å²) < 4.78 is 16.6. The fourth-order valence-corrected chi connectivity index (χ4v) is 3.72. The van der Waals surface area contributed by atoms with Gasteiger partial charge in [-0.15, -0.1) is 0 Å². The molecule has 2 aromatic carbocycles. The summed E-state index contributed by atoms with van der Waals surface area (Å²) in [6, 6.07) is 10.9. The highest BCUT2D eigenvalue weighted by molar-refractivity contribution is 6.00. The molecule has 0 spiro atoms. The molecule has 1 aliphatic heterocycles. The van der Waals surface area contributed by atoms with Crippen molar-refractivity contribution in [3.05, 3.63) is 42.0 Å². The highest BCUT2D eigenvalue weighted by Gasteiger charge is 2.37. The maximum absolute atomic E-state index is 13.2. The molecular weight excluding hydrogens is 420 g/mol. The number of fused-ring (bicyclic) bond motifs is 1. The number of methoxy groups -OCH3 is 2. The standard InChI is InChI=1S/C26H34N2O5/c1-17(2)11-12-28-20-9-8-19(15-22(20)33-16-26(3,4)25(28)30)27-24(29)14-18-7-10-21(31-5)23(13-18)32-6/h7-10,13,15,17H,11-12,14,16H2,1-6H3,(H,27,29). The number of hydrogen-bond donors (Lipinski definition) is 1. The summed E-state index contributed by atoms with van der Waals surface area (Å²) in [5.41, 5.74) is 1.54. The van der Waals surface area contributed by atoms with Crippen LogP contribution in [0.4, 0.5) is 11.4 Å². The van der Waals surface area contributed by atoms with E-state index in [9.17, 15) is 9.59 Å². The van der Waals surface area contributed by atoms with Crippen molar-refractivity contribution in [2.45, 2.75) is 40.5 Å². The topological polar surface area (TPSA) is 77.1 Å². The number of anilines is 2. The zero-order valence-corrected chi connectivity index (χ0v) is 20.4. The van der Waals surface area contributed by atoms with Gasteiger partial charge in [-0.3, -0.25) is 9.59 Å². The summed E-state index contributed by atoms with van der Waals surface area (Å²) in [5, 5.41) is 2.93. The molecule has 33 heavy (non-hydrogen) atoms. The smallest absolute Gasteiger partial charge is 0.236 e. The summed E-state index contributed by atoms with van der Waals surface area (Å²) in [6.45, 7) is 8.98. The third kappa shape index (κ3) is 5.78. The third-order valence-electron chi connectivity index (χ3n) is 5.69. The zero-order valence-electron chi connectivity index (χ0n) is 20.4. The average Bonchev–Trinajstić information content (AvgIpc) is 2.86. The van der Waals surface area contributed by atoms with Crippen LogP contribution in [-0.4, -0.2) is 39.2 Å². The molecule has 0 radical (unpaired) electrons. The molecule has 0 saturated carbocycles. The van der Waals surface area contributed by atoms with Gasteiger partial charge >= 0.3 is 0 Å². The molecule has 0 aromatic heterocycles. The van der Waals surface area contributed by atoms with Gasteiger partial charge in [0.2, 0.25) is 11.8 Å². The highest BCUT2D eigenvalue weighted by atomic mass is 16.5. The Morgan fingerprint density at radius 1 is 1.12 bits per heavy atom. The molecule has 1 heterocycles. The number of benzene rings is 2. The van der Waals surface area contributed by atoms with E-state index in [-0.39, 0.29) is 24.8 Å². The molecule has 1 aliphatic rings. The van der Waals surface area contributed by atoms with Crippen LogP contribution in [-0.2, 0) is 16.0 Å². The lowest BCUT2D eigenvalue weighted by Crippen LogP contribution is -2.42. The molecule has 0 unspecified atom stereocenters. The summed E-state index contributed by atoms with van der Waals surface area (Å²) in [6.07, 6.45) is 1.08. The van der Waals surface area contributed by atoms with Gasteiger partial charge in [-0.25, -0.2) is 0 Å². The number of carbonyl (C=O) groups excluding carboxylic acids is 2. The van der Waals surface area contributed by atoms with Crippen LogP contribution in [0.25, 0.3) is 0 Å². The van der Waals surface area contributed by atoms with Crippen molar-refractivity contribution in [2.75, 3.05) is 37.6 Å². The first kappa shape index (κ1) is 24.4. The van der Waals surface area contributed by atoms with Crippen LogP contribution in [0.15, 0.2) is 36.4 Å². The molecule has 7 nitrogen and oxygen atoms in total. The molecule has 0 bridgehead atoms. The molecule has 7 heteroatoms. The fraction of sp³-hybridized carbons (Fsp3) is 0.462. The molecule has 3 rings (SSSR count). The minimum Gasteiger partial charge on any atom is -0.493 e. The molecule has 178 valence electrons. The summed E-state index contributed by atoms with van der Waals surface area (Å²) in [7, 11) is 3.14. The van der Waals surface area contributed by atoms with Crippen LogP contribution in [0, 0.1) is 11.3 Å². The number of hydrogen-bond acceptors (Lipinski definition) is 5. The number of carbonyl (C=O) groups is 2. The Morgan fingerprint density at radius 2 is 1.85 bits per heavy atom. The van der Waals surface area contributed by atoms with E-state index >= 15 is 0 Å². The number of rotatable bonds is 8. The molecule has 1 N–H and O–H groups in total. The molecule has 0 aliphatic carbocycles.